The number of hydrogen-bond acceptors (Lipinski definition) is 3. The monoisotopic (exact) mass is 316 g/mol. The molecule has 0 saturated carbocycles. The summed E-state index contributed by atoms with van der Waals surface area (Å²) in [5, 5.41) is 2.38. The third kappa shape index (κ3) is 2.99. The van der Waals surface area contributed by atoms with Crippen LogP contribution >= 0.6 is 11.6 Å². The first-order valence-electron chi connectivity index (χ1n) is 6.41. The van der Waals surface area contributed by atoms with Gasteiger partial charge in [-0.05, 0) is 18.2 Å². The number of halogens is 2. The maximum atomic E-state index is 13.1. The lowest BCUT2D eigenvalue weighted by molar-refractivity contribution is 0.102. The Kier molecular flexibility index (Phi) is 3.89. The van der Waals surface area contributed by atoms with Crippen LogP contribution in [0.15, 0.2) is 59.2 Å². The summed E-state index contributed by atoms with van der Waals surface area (Å²) in [4.78, 5) is 16.2. The molecule has 2 aromatic carbocycles. The highest BCUT2D eigenvalue weighted by Crippen LogP contribution is 2.21. The SMILES string of the molecule is O=C(Nc1nc(-c2ccccc2)co1)c1ccc(F)c(Cl)c1. The van der Waals surface area contributed by atoms with Gasteiger partial charge in [0.1, 0.15) is 17.8 Å². The molecule has 0 radical (unpaired) electrons. The van der Waals surface area contributed by atoms with E-state index in [4.69, 9.17) is 16.0 Å². The van der Waals surface area contributed by atoms with Crippen LogP contribution in [-0.2, 0) is 0 Å². The summed E-state index contributed by atoms with van der Waals surface area (Å²) < 4.78 is 18.3. The van der Waals surface area contributed by atoms with E-state index in [0.717, 1.165) is 11.6 Å². The summed E-state index contributed by atoms with van der Waals surface area (Å²) in [6.45, 7) is 0. The minimum absolute atomic E-state index is 0.0595. The zero-order valence-corrected chi connectivity index (χ0v) is 12.0. The van der Waals surface area contributed by atoms with E-state index < -0.39 is 11.7 Å². The van der Waals surface area contributed by atoms with Crippen LogP contribution in [-0.4, -0.2) is 10.9 Å². The summed E-state index contributed by atoms with van der Waals surface area (Å²) >= 11 is 5.65. The Morgan fingerprint density at radius 1 is 1.18 bits per heavy atom. The van der Waals surface area contributed by atoms with Crippen molar-refractivity contribution in [3.05, 3.63) is 71.2 Å². The Balaban J connectivity index is 1.77. The van der Waals surface area contributed by atoms with Gasteiger partial charge >= 0.3 is 6.01 Å². The predicted molar refractivity (Wildman–Crippen MR) is 81.3 cm³/mol. The van der Waals surface area contributed by atoms with E-state index in [0.29, 0.717) is 5.69 Å². The van der Waals surface area contributed by atoms with E-state index in [1.165, 1.54) is 18.4 Å². The zero-order valence-electron chi connectivity index (χ0n) is 11.2. The molecule has 1 aromatic heterocycles. The molecule has 0 bridgehead atoms. The van der Waals surface area contributed by atoms with E-state index in [1.54, 1.807) is 0 Å². The van der Waals surface area contributed by atoms with E-state index in [9.17, 15) is 9.18 Å². The third-order valence-electron chi connectivity index (χ3n) is 2.98. The summed E-state index contributed by atoms with van der Waals surface area (Å²) in [5.74, 6) is -1.07. The fourth-order valence-corrected chi connectivity index (χ4v) is 2.06. The molecule has 0 aliphatic heterocycles. The van der Waals surface area contributed by atoms with Crippen LogP contribution in [0, 0.1) is 5.82 Å². The van der Waals surface area contributed by atoms with Crippen molar-refractivity contribution >= 4 is 23.5 Å². The molecule has 0 fully saturated rings. The summed E-state index contributed by atoms with van der Waals surface area (Å²) in [7, 11) is 0. The van der Waals surface area contributed by atoms with Gasteiger partial charge in [0.05, 0.1) is 5.02 Å². The first-order chi connectivity index (χ1) is 10.6. The van der Waals surface area contributed by atoms with Crippen molar-refractivity contribution in [1.29, 1.82) is 0 Å². The molecule has 0 saturated heterocycles. The minimum atomic E-state index is -0.583. The molecule has 1 amide bonds. The molecule has 1 heterocycles. The summed E-state index contributed by atoms with van der Waals surface area (Å²) in [6, 6.07) is 13.2. The Morgan fingerprint density at radius 3 is 2.68 bits per heavy atom. The van der Waals surface area contributed by atoms with E-state index in [-0.39, 0.29) is 16.6 Å². The number of aromatic nitrogens is 1. The number of carbonyl (C=O) groups is 1. The molecule has 0 aliphatic carbocycles. The maximum Gasteiger partial charge on any atom is 0.302 e. The number of rotatable bonds is 3. The number of hydrogen-bond donors (Lipinski definition) is 1. The molecular weight excluding hydrogens is 307 g/mol. The highest BCUT2D eigenvalue weighted by atomic mass is 35.5. The number of anilines is 1. The van der Waals surface area contributed by atoms with Crippen LogP contribution in [0.3, 0.4) is 0 Å². The Bertz CT molecular complexity index is 818. The van der Waals surface area contributed by atoms with Crippen LogP contribution in [0.25, 0.3) is 11.3 Å². The van der Waals surface area contributed by atoms with Crippen LogP contribution in [0.1, 0.15) is 10.4 Å². The highest BCUT2D eigenvalue weighted by molar-refractivity contribution is 6.31. The fourth-order valence-electron chi connectivity index (χ4n) is 1.88. The molecule has 0 unspecified atom stereocenters. The molecule has 0 aliphatic rings. The quantitative estimate of drug-likeness (QED) is 0.779. The average Bonchev–Trinajstić information content (AvgIpc) is 2.99. The second kappa shape index (κ2) is 5.99. The molecule has 3 rings (SSSR count). The summed E-state index contributed by atoms with van der Waals surface area (Å²) in [6.07, 6.45) is 1.45. The van der Waals surface area contributed by atoms with Crippen LogP contribution in [0.2, 0.25) is 5.02 Å². The lowest BCUT2D eigenvalue weighted by Crippen LogP contribution is -2.12. The summed E-state index contributed by atoms with van der Waals surface area (Å²) in [5.41, 5.74) is 1.69. The molecule has 3 aromatic rings. The van der Waals surface area contributed by atoms with E-state index in [2.05, 4.69) is 10.3 Å². The maximum absolute atomic E-state index is 13.1. The number of benzene rings is 2. The van der Waals surface area contributed by atoms with Gasteiger partial charge in [0.15, 0.2) is 0 Å². The second-order valence-electron chi connectivity index (χ2n) is 4.49. The molecule has 1 N–H and O–H groups in total. The van der Waals surface area contributed by atoms with Crippen LogP contribution in [0.4, 0.5) is 10.4 Å². The molecule has 0 spiro atoms. The lowest BCUT2D eigenvalue weighted by Gasteiger charge is -2.02. The largest absolute Gasteiger partial charge is 0.431 e. The van der Waals surface area contributed by atoms with Crippen molar-refractivity contribution in [1.82, 2.24) is 4.98 Å². The van der Waals surface area contributed by atoms with Crippen molar-refractivity contribution in [2.75, 3.05) is 5.32 Å². The number of carbonyl (C=O) groups excluding carboxylic acids is 1. The Hall–Kier alpha value is -2.66. The van der Waals surface area contributed by atoms with Crippen molar-refractivity contribution in [2.45, 2.75) is 0 Å². The van der Waals surface area contributed by atoms with Crippen LogP contribution in [0.5, 0.6) is 0 Å². The first-order valence-corrected chi connectivity index (χ1v) is 6.78. The van der Waals surface area contributed by atoms with Gasteiger partial charge in [-0.25, -0.2) is 4.39 Å². The number of oxazole rings is 1. The zero-order chi connectivity index (χ0) is 15.5. The smallest absolute Gasteiger partial charge is 0.302 e. The highest BCUT2D eigenvalue weighted by Gasteiger charge is 2.12. The molecular formula is C16H10ClFN2O2. The standard InChI is InChI=1S/C16H10ClFN2O2/c17-12-8-11(6-7-13(12)18)15(21)20-16-19-14(9-22-16)10-4-2-1-3-5-10/h1-9H,(H,19,20,21). The van der Waals surface area contributed by atoms with Crippen LogP contribution < -0.4 is 5.32 Å². The van der Waals surface area contributed by atoms with Gasteiger partial charge in [0.2, 0.25) is 0 Å². The molecule has 4 nitrogen and oxygen atoms in total. The molecule has 0 atom stereocenters. The van der Waals surface area contributed by atoms with Crippen molar-refractivity contribution < 1.29 is 13.6 Å². The van der Waals surface area contributed by atoms with Gasteiger partial charge in [-0.1, -0.05) is 41.9 Å². The Labute approximate surface area is 130 Å². The average molecular weight is 317 g/mol. The molecule has 110 valence electrons. The van der Waals surface area contributed by atoms with Gasteiger partial charge in [-0.3, -0.25) is 10.1 Å². The number of nitrogens with zero attached hydrogens (tertiary/aromatic N) is 1. The number of amides is 1. The van der Waals surface area contributed by atoms with Gasteiger partial charge in [-0.2, -0.15) is 4.98 Å². The van der Waals surface area contributed by atoms with Gasteiger partial charge in [0.25, 0.3) is 5.91 Å². The molecule has 6 heteroatoms. The lowest BCUT2D eigenvalue weighted by atomic mass is 10.2. The van der Waals surface area contributed by atoms with Gasteiger partial charge in [-0.15, -0.1) is 0 Å². The van der Waals surface area contributed by atoms with Crippen molar-refractivity contribution in [3.8, 4) is 11.3 Å². The fraction of sp³-hybridized carbons (Fsp3) is 0. The minimum Gasteiger partial charge on any atom is -0.431 e. The predicted octanol–water partition coefficient (Wildman–Crippen LogP) is 4.39. The topological polar surface area (TPSA) is 55.1 Å². The van der Waals surface area contributed by atoms with E-state index in [1.807, 2.05) is 30.3 Å². The molecule has 22 heavy (non-hydrogen) atoms. The first kappa shape index (κ1) is 14.3. The number of nitrogens with one attached hydrogen (secondary N) is 1. The van der Waals surface area contributed by atoms with Gasteiger partial charge < -0.3 is 4.42 Å². The second-order valence-corrected chi connectivity index (χ2v) is 4.89. The Morgan fingerprint density at radius 2 is 1.95 bits per heavy atom. The van der Waals surface area contributed by atoms with Crippen molar-refractivity contribution in [2.24, 2.45) is 0 Å². The normalized spacial score (nSPS) is 10.5. The van der Waals surface area contributed by atoms with Crippen molar-refractivity contribution in [3.63, 3.8) is 0 Å². The third-order valence-corrected chi connectivity index (χ3v) is 3.27. The van der Waals surface area contributed by atoms with Gasteiger partial charge in [0, 0.05) is 11.1 Å². The van der Waals surface area contributed by atoms with E-state index >= 15 is 0 Å².